The molecule has 0 saturated carbocycles. The molecule has 0 aliphatic carbocycles. The standard InChI is InChI=1S/C4H9.3C3H6O2.Sn/c1-3-4-2;3*1-2-3(4)5;/h3H,4H2,1-2H3;3*2H2,1H3,(H,4,5);/q;;;;+3/p-3. The third kappa shape index (κ3) is 5.68. The molecular formula is C13H24O6Sn. The summed E-state index contributed by atoms with van der Waals surface area (Å²) in [4.78, 5) is 34.9. The summed E-state index contributed by atoms with van der Waals surface area (Å²) in [5.41, 5.74) is 0. The molecule has 0 aromatic heterocycles. The fourth-order valence-corrected chi connectivity index (χ4v) is 8.77. The van der Waals surface area contributed by atoms with Crippen LogP contribution in [-0.2, 0) is 23.6 Å². The molecule has 0 spiro atoms. The van der Waals surface area contributed by atoms with E-state index in [0.717, 1.165) is 0 Å². The van der Waals surface area contributed by atoms with E-state index in [0.29, 0.717) is 6.42 Å². The van der Waals surface area contributed by atoms with Crippen LogP contribution in [0.2, 0.25) is 3.93 Å². The zero-order chi connectivity index (χ0) is 15.8. The van der Waals surface area contributed by atoms with Gasteiger partial charge in [-0.15, -0.1) is 0 Å². The van der Waals surface area contributed by atoms with Gasteiger partial charge in [0, 0.05) is 0 Å². The summed E-state index contributed by atoms with van der Waals surface area (Å²) in [6.45, 7) is 8.57. The average Bonchev–Trinajstić information content (AvgIpc) is 2.45. The van der Waals surface area contributed by atoms with Crippen LogP contribution < -0.4 is 0 Å². The maximum atomic E-state index is 11.6. The second-order valence-electron chi connectivity index (χ2n) is 4.40. The first kappa shape index (κ1) is 19.2. The van der Waals surface area contributed by atoms with Crippen LogP contribution in [0, 0.1) is 0 Å². The van der Waals surface area contributed by atoms with Crippen LogP contribution in [0.3, 0.4) is 0 Å². The SMILES string of the molecule is CCC(=O)[O][Sn]([O]C(=O)CC)([O]C(=O)CC)[CH](C)CC. The zero-order valence-electron chi connectivity index (χ0n) is 12.9. The Bertz CT molecular complexity index is 309. The van der Waals surface area contributed by atoms with Crippen LogP contribution in [0.5, 0.6) is 0 Å². The molecule has 0 aliphatic heterocycles. The molecule has 20 heavy (non-hydrogen) atoms. The molecule has 6 nitrogen and oxygen atoms in total. The van der Waals surface area contributed by atoms with Crippen LogP contribution in [-0.4, -0.2) is 37.5 Å². The van der Waals surface area contributed by atoms with Crippen molar-refractivity contribution < 1.29 is 23.6 Å². The summed E-state index contributed by atoms with van der Waals surface area (Å²) >= 11 is -4.59. The van der Waals surface area contributed by atoms with Crippen molar-refractivity contribution in [3.05, 3.63) is 0 Å². The molecular weight excluding hydrogens is 371 g/mol. The average molecular weight is 395 g/mol. The summed E-state index contributed by atoms with van der Waals surface area (Å²) < 4.78 is 15.9. The quantitative estimate of drug-likeness (QED) is 0.588. The molecule has 1 unspecified atom stereocenters. The third-order valence-electron chi connectivity index (χ3n) is 2.85. The summed E-state index contributed by atoms with van der Waals surface area (Å²) in [5, 5.41) is 0. The second kappa shape index (κ2) is 9.20. The molecule has 0 aliphatic rings. The van der Waals surface area contributed by atoms with Crippen molar-refractivity contribution in [3.63, 3.8) is 0 Å². The summed E-state index contributed by atoms with van der Waals surface area (Å²) in [7, 11) is 0. The van der Waals surface area contributed by atoms with Crippen molar-refractivity contribution in [3.8, 4) is 0 Å². The van der Waals surface area contributed by atoms with Crippen molar-refractivity contribution in [2.75, 3.05) is 0 Å². The summed E-state index contributed by atoms with van der Waals surface area (Å²) in [6, 6.07) is 0. The van der Waals surface area contributed by atoms with Crippen LogP contribution in [0.4, 0.5) is 0 Å². The predicted octanol–water partition coefficient (Wildman–Crippen LogP) is 2.58. The topological polar surface area (TPSA) is 78.9 Å². The Morgan fingerprint density at radius 1 is 0.800 bits per heavy atom. The maximum absolute atomic E-state index is 11.6. The van der Waals surface area contributed by atoms with Crippen molar-refractivity contribution in [1.82, 2.24) is 0 Å². The van der Waals surface area contributed by atoms with Gasteiger partial charge in [0.05, 0.1) is 0 Å². The number of carbonyl (C=O) groups excluding carboxylic acids is 3. The van der Waals surface area contributed by atoms with Gasteiger partial charge in [0.15, 0.2) is 0 Å². The van der Waals surface area contributed by atoms with Gasteiger partial charge in [-0.2, -0.15) is 0 Å². The van der Waals surface area contributed by atoms with Crippen molar-refractivity contribution >= 4 is 37.5 Å². The van der Waals surface area contributed by atoms with Crippen molar-refractivity contribution in [2.45, 2.75) is 64.2 Å². The van der Waals surface area contributed by atoms with Gasteiger partial charge in [0.1, 0.15) is 0 Å². The van der Waals surface area contributed by atoms with Gasteiger partial charge in [-0.25, -0.2) is 0 Å². The number of rotatable bonds is 8. The van der Waals surface area contributed by atoms with E-state index >= 15 is 0 Å². The Labute approximate surface area is 125 Å². The van der Waals surface area contributed by atoms with E-state index in [1.165, 1.54) is 0 Å². The minimum absolute atomic E-state index is 0.141. The normalized spacial score (nSPS) is 12.4. The van der Waals surface area contributed by atoms with Crippen molar-refractivity contribution in [2.24, 2.45) is 0 Å². The van der Waals surface area contributed by atoms with Crippen LogP contribution in [0.25, 0.3) is 0 Å². The Morgan fingerprint density at radius 2 is 1.10 bits per heavy atom. The summed E-state index contributed by atoms with van der Waals surface area (Å²) in [6.07, 6.45) is 1.02. The minimum atomic E-state index is -4.59. The Balaban J connectivity index is 5.42. The molecule has 0 radical (unpaired) electrons. The van der Waals surface area contributed by atoms with E-state index in [2.05, 4.69) is 0 Å². The summed E-state index contributed by atoms with van der Waals surface area (Å²) in [5.74, 6) is -1.52. The van der Waals surface area contributed by atoms with E-state index < -0.39 is 37.5 Å². The fraction of sp³-hybridized carbons (Fsp3) is 0.769. The Hall–Kier alpha value is -0.791. The van der Waals surface area contributed by atoms with Crippen LogP contribution in [0.1, 0.15) is 60.3 Å². The van der Waals surface area contributed by atoms with Gasteiger partial charge in [0.25, 0.3) is 0 Å². The Kier molecular flexibility index (Phi) is 8.84. The third-order valence-corrected chi connectivity index (χ3v) is 11.8. The number of hydrogen-bond acceptors (Lipinski definition) is 6. The predicted molar refractivity (Wildman–Crippen MR) is 74.6 cm³/mol. The van der Waals surface area contributed by atoms with Gasteiger partial charge >= 0.3 is 125 Å². The van der Waals surface area contributed by atoms with Crippen molar-refractivity contribution in [1.29, 1.82) is 0 Å². The van der Waals surface area contributed by atoms with Gasteiger partial charge in [-0.1, -0.05) is 0 Å². The first-order chi connectivity index (χ1) is 9.34. The first-order valence-corrected chi connectivity index (χ1v) is 12.1. The van der Waals surface area contributed by atoms with E-state index in [-0.39, 0.29) is 23.2 Å². The molecule has 1 atom stereocenters. The fourth-order valence-electron chi connectivity index (χ4n) is 1.31. The monoisotopic (exact) mass is 396 g/mol. The molecule has 0 N–H and O–H groups in total. The first-order valence-electron chi connectivity index (χ1n) is 7.00. The van der Waals surface area contributed by atoms with Gasteiger partial charge in [-0.05, 0) is 0 Å². The van der Waals surface area contributed by atoms with Gasteiger partial charge < -0.3 is 0 Å². The molecule has 0 heterocycles. The zero-order valence-corrected chi connectivity index (χ0v) is 15.7. The molecule has 0 aromatic carbocycles. The van der Waals surface area contributed by atoms with E-state index in [1.807, 2.05) is 6.92 Å². The molecule has 116 valence electrons. The van der Waals surface area contributed by atoms with Gasteiger partial charge in [0.2, 0.25) is 0 Å². The Morgan fingerprint density at radius 3 is 1.30 bits per heavy atom. The molecule has 0 aromatic rings. The van der Waals surface area contributed by atoms with E-state index in [1.54, 1.807) is 27.7 Å². The molecule has 7 heteroatoms. The van der Waals surface area contributed by atoms with Crippen LogP contribution in [0.15, 0.2) is 0 Å². The molecule has 0 bridgehead atoms. The van der Waals surface area contributed by atoms with E-state index in [9.17, 15) is 14.4 Å². The van der Waals surface area contributed by atoms with E-state index in [4.69, 9.17) is 9.22 Å². The van der Waals surface area contributed by atoms with Crippen LogP contribution >= 0.6 is 0 Å². The molecule has 0 fully saturated rings. The van der Waals surface area contributed by atoms with Gasteiger partial charge in [-0.3, -0.25) is 0 Å². The molecule has 0 rings (SSSR count). The second-order valence-corrected chi connectivity index (χ2v) is 12.4. The number of hydrogen-bond donors (Lipinski definition) is 0. The number of carbonyl (C=O) groups is 3. The molecule has 0 amide bonds. The molecule has 0 saturated heterocycles.